The highest BCUT2D eigenvalue weighted by Crippen LogP contribution is 2.35. The highest BCUT2D eigenvalue weighted by atomic mass is 32.2. The summed E-state index contributed by atoms with van der Waals surface area (Å²) >= 11 is 1.03. The average Bonchev–Trinajstić information content (AvgIpc) is 2.34. The molecular formula is C10H11F5N2O2S. The highest BCUT2D eigenvalue weighted by molar-refractivity contribution is 7.98. The summed E-state index contributed by atoms with van der Waals surface area (Å²) in [5.41, 5.74) is -1.17. The largest absolute Gasteiger partial charge is 0.474 e. The van der Waals surface area contributed by atoms with Crippen LogP contribution in [0, 0.1) is 0 Å². The van der Waals surface area contributed by atoms with E-state index in [-0.39, 0.29) is 5.16 Å². The number of aromatic nitrogens is 2. The van der Waals surface area contributed by atoms with Gasteiger partial charge in [0.15, 0.2) is 5.16 Å². The van der Waals surface area contributed by atoms with Crippen molar-refractivity contribution in [2.24, 2.45) is 0 Å². The molecule has 0 aromatic carbocycles. The van der Waals surface area contributed by atoms with Gasteiger partial charge in [-0.25, -0.2) is 4.98 Å². The van der Waals surface area contributed by atoms with Crippen molar-refractivity contribution in [3.05, 3.63) is 11.8 Å². The van der Waals surface area contributed by atoms with Crippen molar-refractivity contribution in [3.8, 4) is 5.88 Å². The van der Waals surface area contributed by atoms with E-state index in [2.05, 4.69) is 14.7 Å². The van der Waals surface area contributed by atoms with Crippen molar-refractivity contribution in [2.45, 2.75) is 31.0 Å². The maximum atomic E-state index is 12.7. The molecule has 0 aliphatic rings. The summed E-state index contributed by atoms with van der Waals surface area (Å²) in [7, 11) is 0. The molecule has 0 radical (unpaired) electrons. The third kappa shape index (κ3) is 5.08. The smallest absolute Gasteiger partial charge is 0.423 e. The minimum Gasteiger partial charge on any atom is -0.474 e. The molecule has 1 aromatic heterocycles. The topological polar surface area (TPSA) is 44.2 Å². The maximum absolute atomic E-state index is 12.7. The Labute approximate surface area is 115 Å². The number of rotatable bonds is 6. The van der Waals surface area contributed by atoms with Crippen LogP contribution in [0.2, 0.25) is 0 Å². The first kappa shape index (κ1) is 16.9. The van der Waals surface area contributed by atoms with Crippen molar-refractivity contribution in [1.82, 2.24) is 9.97 Å². The molecule has 1 heterocycles. The van der Waals surface area contributed by atoms with Crippen molar-refractivity contribution < 1.29 is 31.4 Å². The van der Waals surface area contributed by atoms with Gasteiger partial charge in [0.25, 0.3) is 0 Å². The van der Waals surface area contributed by atoms with Crippen LogP contribution < -0.4 is 4.74 Å². The number of hydrogen-bond acceptors (Lipinski definition) is 5. The summed E-state index contributed by atoms with van der Waals surface area (Å²) in [6.45, 7) is -2.27. The van der Waals surface area contributed by atoms with Crippen LogP contribution in [0.1, 0.15) is 12.5 Å². The quantitative estimate of drug-likeness (QED) is 0.458. The molecule has 0 saturated heterocycles. The van der Waals surface area contributed by atoms with Gasteiger partial charge in [-0.05, 0) is 13.2 Å². The Kier molecular flexibility index (Phi) is 5.93. The summed E-state index contributed by atoms with van der Waals surface area (Å²) in [4.78, 5) is 7.08. The van der Waals surface area contributed by atoms with Crippen molar-refractivity contribution >= 4 is 11.8 Å². The van der Waals surface area contributed by atoms with Gasteiger partial charge in [0, 0.05) is 6.20 Å². The van der Waals surface area contributed by atoms with Crippen LogP contribution in [0.3, 0.4) is 0 Å². The molecule has 0 spiro atoms. The van der Waals surface area contributed by atoms with Gasteiger partial charge >= 0.3 is 12.8 Å². The van der Waals surface area contributed by atoms with E-state index in [0.29, 0.717) is 6.20 Å². The van der Waals surface area contributed by atoms with Gasteiger partial charge in [0.1, 0.15) is 12.2 Å². The summed E-state index contributed by atoms with van der Waals surface area (Å²) < 4.78 is 70.8. The average molecular weight is 318 g/mol. The van der Waals surface area contributed by atoms with Gasteiger partial charge in [-0.15, -0.1) is 0 Å². The third-order valence-corrected chi connectivity index (χ3v) is 2.57. The van der Waals surface area contributed by atoms with Gasteiger partial charge in [-0.2, -0.15) is 26.9 Å². The van der Waals surface area contributed by atoms with Crippen LogP contribution >= 0.6 is 11.8 Å². The van der Waals surface area contributed by atoms with E-state index in [4.69, 9.17) is 4.74 Å². The molecule has 0 aliphatic carbocycles. The van der Waals surface area contributed by atoms with Gasteiger partial charge in [0.2, 0.25) is 5.88 Å². The monoisotopic (exact) mass is 318 g/mol. The molecule has 0 aliphatic heterocycles. The number of ether oxygens (including phenoxy) is 2. The van der Waals surface area contributed by atoms with Gasteiger partial charge < -0.3 is 9.47 Å². The fourth-order valence-corrected chi connectivity index (χ4v) is 1.50. The van der Waals surface area contributed by atoms with E-state index in [0.717, 1.165) is 11.8 Å². The Morgan fingerprint density at radius 2 is 2.00 bits per heavy atom. The van der Waals surface area contributed by atoms with Crippen LogP contribution in [-0.2, 0) is 10.9 Å². The molecule has 10 heteroatoms. The minimum absolute atomic E-state index is 0.0791. The molecule has 114 valence electrons. The fraction of sp³-hybridized carbons (Fsp3) is 0.600. The SMILES string of the molecule is CSc1ncc(C(F)(F)F)c(OC[C@@H](C)OC(F)F)n1. The second-order valence-corrected chi connectivity index (χ2v) is 4.37. The van der Waals surface area contributed by atoms with Crippen LogP contribution in [0.25, 0.3) is 0 Å². The predicted octanol–water partition coefficient (Wildman–Crippen LogP) is 3.22. The van der Waals surface area contributed by atoms with E-state index in [1.165, 1.54) is 6.92 Å². The molecule has 0 fully saturated rings. The molecule has 0 bridgehead atoms. The Bertz CT molecular complexity index is 444. The lowest BCUT2D eigenvalue weighted by molar-refractivity contribution is -0.166. The molecule has 20 heavy (non-hydrogen) atoms. The second-order valence-electron chi connectivity index (χ2n) is 3.59. The summed E-state index contributed by atoms with van der Waals surface area (Å²) in [6.07, 6.45) is -3.61. The molecule has 1 atom stereocenters. The Balaban J connectivity index is 2.86. The van der Waals surface area contributed by atoms with Crippen molar-refractivity contribution in [3.63, 3.8) is 0 Å². The first-order valence-electron chi connectivity index (χ1n) is 5.28. The highest BCUT2D eigenvalue weighted by Gasteiger charge is 2.36. The van der Waals surface area contributed by atoms with Crippen LogP contribution in [0.15, 0.2) is 11.4 Å². The van der Waals surface area contributed by atoms with Crippen molar-refractivity contribution in [1.29, 1.82) is 0 Å². The molecular weight excluding hydrogens is 307 g/mol. The zero-order valence-electron chi connectivity index (χ0n) is 10.4. The normalized spacial score (nSPS) is 13.6. The summed E-state index contributed by atoms with van der Waals surface area (Å²) in [5, 5.41) is 0.0791. The number of halogens is 5. The van der Waals surface area contributed by atoms with Crippen LogP contribution in [0.4, 0.5) is 22.0 Å². The zero-order valence-corrected chi connectivity index (χ0v) is 11.3. The number of alkyl halides is 5. The van der Waals surface area contributed by atoms with E-state index < -0.39 is 36.9 Å². The maximum Gasteiger partial charge on any atom is 0.423 e. The lowest BCUT2D eigenvalue weighted by Crippen LogP contribution is -2.22. The fourth-order valence-electron chi connectivity index (χ4n) is 1.16. The number of hydrogen-bond donors (Lipinski definition) is 0. The van der Waals surface area contributed by atoms with Crippen LogP contribution in [-0.4, -0.2) is 35.5 Å². The third-order valence-electron chi connectivity index (χ3n) is 2.01. The van der Waals surface area contributed by atoms with E-state index in [1.807, 2.05) is 0 Å². The first-order chi connectivity index (χ1) is 9.24. The molecule has 0 saturated carbocycles. The van der Waals surface area contributed by atoms with Gasteiger partial charge in [-0.3, -0.25) is 0 Å². The van der Waals surface area contributed by atoms with E-state index in [1.54, 1.807) is 6.26 Å². The molecule has 1 rings (SSSR count). The lowest BCUT2D eigenvalue weighted by atomic mass is 10.3. The molecule has 1 aromatic rings. The molecule has 0 N–H and O–H groups in total. The Morgan fingerprint density at radius 1 is 1.35 bits per heavy atom. The number of nitrogens with zero attached hydrogens (tertiary/aromatic N) is 2. The molecule has 0 amide bonds. The van der Waals surface area contributed by atoms with E-state index in [9.17, 15) is 22.0 Å². The second kappa shape index (κ2) is 7.02. The molecule has 0 unspecified atom stereocenters. The van der Waals surface area contributed by atoms with E-state index >= 15 is 0 Å². The lowest BCUT2D eigenvalue weighted by Gasteiger charge is -2.16. The first-order valence-corrected chi connectivity index (χ1v) is 6.51. The van der Waals surface area contributed by atoms with Gasteiger partial charge in [0.05, 0.1) is 6.10 Å². The summed E-state index contributed by atoms with van der Waals surface area (Å²) in [5.74, 6) is -0.707. The standard InChI is InChI=1S/C10H11F5N2O2S/c1-5(19-8(11)12)4-18-7-6(10(13,14)15)3-16-9(17-7)20-2/h3,5,8H,4H2,1-2H3/t5-/m1/s1. The minimum atomic E-state index is -4.70. The van der Waals surface area contributed by atoms with Gasteiger partial charge in [-0.1, -0.05) is 11.8 Å². The zero-order chi connectivity index (χ0) is 15.3. The molecule has 4 nitrogen and oxygen atoms in total. The van der Waals surface area contributed by atoms with Crippen LogP contribution in [0.5, 0.6) is 5.88 Å². The number of thioether (sulfide) groups is 1. The summed E-state index contributed by atoms with van der Waals surface area (Å²) in [6, 6.07) is 0. The Morgan fingerprint density at radius 3 is 2.50 bits per heavy atom. The predicted molar refractivity (Wildman–Crippen MR) is 60.9 cm³/mol. The van der Waals surface area contributed by atoms with Crippen molar-refractivity contribution in [2.75, 3.05) is 12.9 Å². The Hall–Kier alpha value is -1.16.